The van der Waals surface area contributed by atoms with Crippen molar-refractivity contribution in [3.05, 3.63) is 46.2 Å². The van der Waals surface area contributed by atoms with E-state index in [2.05, 4.69) is 21.0 Å². The maximum Gasteiger partial charge on any atom is 0.119 e. The number of benzene rings is 1. The lowest BCUT2D eigenvalue weighted by atomic mass is 10.2. The van der Waals surface area contributed by atoms with E-state index in [1.165, 1.54) is 0 Å². The number of hydrogen-bond donors (Lipinski definition) is 0. The summed E-state index contributed by atoms with van der Waals surface area (Å²) < 4.78 is 8.13. The molecule has 0 aliphatic heterocycles. The van der Waals surface area contributed by atoms with Crippen molar-refractivity contribution in [1.29, 1.82) is 0 Å². The molecular formula is C13H14BrClN2O. The lowest BCUT2D eigenvalue weighted by Crippen LogP contribution is -2.01. The zero-order valence-corrected chi connectivity index (χ0v) is 12.6. The number of methoxy groups -OCH3 is 1. The van der Waals surface area contributed by atoms with E-state index < -0.39 is 0 Å². The van der Waals surface area contributed by atoms with Crippen molar-refractivity contribution < 1.29 is 4.74 Å². The van der Waals surface area contributed by atoms with Gasteiger partial charge in [-0.15, -0.1) is 11.6 Å². The second kappa shape index (κ2) is 5.76. The van der Waals surface area contributed by atoms with Crippen molar-refractivity contribution in [3.8, 4) is 5.75 Å². The molecule has 2 rings (SSSR count). The third-order valence-corrected chi connectivity index (χ3v) is 3.72. The van der Waals surface area contributed by atoms with E-state index in [1.54, 1.807) is 13.3 Å². The van der Waals surface area contributed by atoms with Gasteiger partial charge < -0.3 is 4.74 Å². The van der Waals surface area contributed by atoms with Crippen molar-refractivity contribution >= 4 is 27.5 Å². The summed E-state index contributed by atoms with van der Waals surface area (Å²) in [6, 6.07) is 5.89. The van der Waals surface area contributed by atoms with Crippen LogP contribution in [0.5, 0.6) is 5.75 Å². The third-order valence-electron chi connectivity index (χ3n) is 2.70. The second-order valence-corrected chi connectivity index (χ2v) is 5.55. The first-order valence-electron chi connectivity index (χ1n) is 5.59. The van der Waals surface area contributed by atoms with Crippen LogP contribution in [0.1, 0.15) is 23.4 Å². The zero-order chi connectivity index (χ0) is 13.1. The number of ether oxygens (including phenoxy) is 1. The normalized spacial score (nSPS) is 12.4. The van der Waals surface area contributed by atoms with Gasteiger partial charge in [-0.05, 0) is 30.7 Å². The Labute approximate surface area is 120 Å². The van der Waals surface area contributed by atoms with Gasteiger partial charge in [0.2, 0.25) is 0 Å². The number of hydrogen-bond acceptors (Lipinski definition) is 2. The van der Waals surface area contributed by atoms with E-state index >= 15 is 0 Å². The molecule has 0 amide bonds. The van der Waals surface area contributed by atoms with Crippen molar-refractivity contribution in [3.63, 3.8) is 0 Å². The first-order chi connectivity index (χ1) is 8.60. The molecule has 0 N–H and O–H groups in total. The fourth-order valence-corrected chi connectivity index (χ4v) is 2.13. The Kier molecular flexibility index (Phi) is 4.30. The molecule has 0 saturated carbocycles. The minimum atomic E-state index is -0.0208. The molecule has 18 heavy (non-hydrogen) atoms. The van der Waals surface area contributed by atoms with Crippen LogP contribution in [0.4, 0.5) is 0 Å². The predicted octanol–water partition coefficient (Wildman–Crippen LogP) is 4.00. The fourth-order valence-electron chi connectivity index (χ4n) is 1.65. The smallest absolute Gasteiger partial charge is 0.119 e. The van der Waals surface area contributed by atoms with E-state index in [0.29, 0.717) is 6.54 Å². The van der Waals surface area contributed by atoms with Gasteiger partial charge in [-0.2, -0.15) is 5.10 Å². The van der Waals surface area contributed by atoms with Crippen molar-refractivity contribution in [2.24, 2.45) is 0 Å². The average molecular weight is 330 g/mol. The van der Waals surface area contributed by atoms with E-state index in [-0.39, 0.29) is 5.38 Å². The van der Waals surface area contributed by atoms with Gasteiger partial charge in [-0.1, -0.05) is 15.9 Å². The van der Waals surface area contributed by atoms with Gasteiger partial charge in [-0.3, -0.25) is 4.68 Å². The minimum absolute atomic E-state index is 0.0208. The maximum atomic E-state index is 6.02. The molecule has 96 valence electrons. The van der Waals surface area contributed by atoms with Crippen LogP contribution in [0.15, 0.2) is 35.1 Å². The van der Waals surface area contributed by atoms with Gasteiger partial charge >= 0.3 is 0 Å². The highest BCUT2D eigenvalue weighted by molar-refractivity contribution is 9.10. The van der Waals surface area contributed by atoms with Crippen LogP contribution in [-0.4, -0.2) is 16.9 Å². The fraction of sp³-hybridized carbons (Fsp3) is 0.308. The Hall–Kier alpha value is -1.00. The van der Waals surface area contributed by atoms with Crippen molar-refractivity contribution in [1.82, 2.24) is 9.78 Å². The summed E-state index contributed by atoms with van der Waals surface area (Å²) >= 11 is 9.55. The molecule has 3 nitrogen and oxygen atoms in total. The molecule has 1 atom stereocenters. The quantitative estimate of drug-likeness (QED) is 0.793. The van der Waals surface area contributed by atoms with Gasteiger partial charge in [0.25, 0.3) is 0 Å². The third kappa shape index (κ3) is 3.06. The molecule has 0 radical (unpaired) electrons. The van der Waals surface area contributed by atoms with Crippen LogP contribution < -0.4 is 4.74 Å². The summed E-state index contributed by atoms with van der Waals surface area (Å²) in [5.74, 6) is 0.839. The van der Waals surface area contributed by atoms with Gasteiger partial charge in [0.15, 0.2) is 0 Å². The highest BCUT2D eigenvalue weighted by Gasteiger charge is 2.07. The summed E-state index contributed by atoms with van der Waals surface area (Å²) in [4.78, 5) is 0. The molecule has 5 heteroatoms. The van der Waals surface area contributed by atoms with Gasteiger partial charge in [0.05, 0.1) is 25.2 Å². The highest BCUT2D eigenvalue weighted by Crippen LogP contribution is 2.24. The van der Waals surface area contributed by atoms with E-state index in [9.17, 15) is 0 Å². The lowest BCUT2D eigenvalue weighted by molar-refractivity contribution is 0.414. The molecule has 1 aromatic carbocycles. The molecular weight excluding hydrogens is 316 g/mol. The van der Waals surface area contributed by atoms with Crippen LogP contribution in [0.25, 0.3) is 0 Å². The van der Waals surface area contributed by atoms with E-state index in [0.717, 1.165) is 21.3 Å². The van der Waals surface area contributed by atoms with E-state index in [1.807, 2.05) is 36.0 Å². The average Bonchev–Trinajstić information content (AvgIpc) is 2.81. The maximum absolute atomic E-state index is 6.02. The van der Waals surface area contributed by atoms with Crippen LogP contribution >= 0.6 is 27.5 Å². The zero-order valence-electron chi connectivity index (χ0n) is 10.2. The molecule has 0 aliphatic carbocycles. The lowest BCUT2D eigenvalue weighted by Gasteiger charge is -2.07. The molecule has 0 spiro atoms. The summed E-state index contributed by atoms with van der Waals surface area (Å²) in [6.45, 7) is 2.62. The monoisotopic (exact) mass is 328 g/mol. The SMILES string of the molecule is COc1ccc(Br)c(Cn2cc(C(C)Cl)cn2)c1. The van der Waals surface area contributed by atoms with Crippen LogP contribution in [0.3, 0.4) is 0 Å². The first-order valence-corrected chi connectivity index (χ1v) is 6.82. The molecule has 1 heterocycles. The molecule has 2 aromatic rings. The Morgan fingerprint density at radius 3 is 2.89 bits per heavy atom. The summed E-state index contributed by atoms with van der Waals surface area (Å²) in [6.07, 6.45) is 3.76. The van der Waals surface area contributed by atoms with Gasteiger partial charge in [0.1, 0.15) is 5.75 Å². The Bertz CT molecular complexity index is 540. The Morgan fingerprint density at radius 1 is 1.50 bits per heavy atom. The molecule has 0 fully saturated rings. The summed E-state index contributed by atoms with van der Waals surface area (Å²) in [5.41, 5.74) is 2.14. The number of aromatic nitrogens is 2. The molecule has 0 aliphatic rings. The predicted molar refractivity (Wildman–Crippen MR) is 76.3 cm³/mol. The van der Waals surface area contributed by atoms with Crippen molar-refractivity contribution in [2.75, 3.05) is 7.11 Å². The van der Waals surface area contributed by atoms with Gasteiger partial charge in [0, 0.05) is 16.2 Å². The molecule has 0 saturated heterocycles. The van der Waals surface area contributed by atoms with Crippen LogP contribution in [-0.2, 0) is 6.54 Å². The number of alkyl halides is 1. The first kappa shape index (κ1) is 13.4. The highest BCUT2D eigenvalue weighted by atomic mass is 79.9. The van der Waals surface area contributed by atoms with Crippen LogP contribution in [0, 0.1) is 0 Å². The second-order valence-electron chi connectivity index (χ2n) is 4.04. The molecule has 1 unspecified atom stereocenters. The van der Waals surface area contributed by atoms with Gasteiger partial charge in [-0.25, -0.2) is 0 Å². The number of rotatable bonds is 4. The topological polar surface area (TPSA) is 27.1 Å². The largest absolute Gasteiger partial charge is 0.497 e. The van der Waals surface area contributed by atoms with Crippen molar-refractivity contribution in [2.45, 2.75) is 18.8 Å². The number of nitrogens with zero attached hydrogens (tertiary/aromatic N) is 2. The Morgan fingerprint density at radius 2 is 2.28 bits per heavy atom. The summed E-state index contributed by atoms with van der Waals surface area (Å²) in [5, 5.41) is 4.28. The number of halogens is 2. The standard InChI is InChI=1S/C13H14BrClN2O/c1-9(15)11-6-16-17(8-11)7-10-5-12(18-2)3-4-13(10)14/h3-6,8-9H,7H2,1-2H3. The Balaban J connectivity index is 2.22. The molecule has 1 aromatic heterocycles. The van der Waals surface area contributed by atoms with Crippen LogP contribution in [0.2, 0.25) is 0 Å². The van der Waals surface area contributed by atoms with E-state index in [4.69, 9.17) is 16.3 Å². The summed E-state index contributed by atoms with van der Waals surface area (Å²) in [7, 11) is 1.66. The molecule has 0 bridgehead atoms. The minimum Gasteiger partial charge on any atom is -0.497 e.